The summed E-state index contributed by atoms with van der Waals surface area (Å²) in [6, 6.07) is 59.3. The van der Waals surface area contributed by atoms with Crippen molar-refractivity contribution in [1.82, 2.24) is 13.7 Å². The Hall–Kier alpha value is -6.06. The third kappa shape index (κ3) is 3.35. The van der Waals surface area contributed by atoms with Crippen LogP contribution in [0.25, 0.3) is 82.8 Å². The van der Waals surface area contributed by atoms with Crippen molar-refractivity contribution in [1.29, 1.82) is 0 Å². The number of hydrogen-bond acceptors (Lipinski definition) is 0. The fraction of sp³-hybridized carbons (Fsp3) is 0. The van der Waals surface area contributed by atoms with E-state index < -0.39 is 0 Å². The third-order valence-electron chi connectivity index (χ3n) is 9.41. The Bertz CT molecular complexity index is 2510. The molecule has 0 aliphatic heterocycles. The number of hydrogen-bond donors (Lipinski definition) is 0. The molecule has 0 fully saturated rings. The predicted octanol–water partition coefficient (Wildman–Crippen LogP) is 10.9. The van der Waals surface area contributed by atoms with Crippen LogP contribution >= 0.6 is 0 Å². The molecule has 0 saturated carbocycles. The summed E-state index contributed by atoms with van der Waals surface area (Å²) in [6.45, 7) is 0. The molecule has 3 heteroatoms. The van der Waals surface area contributed by atoms with Crippen LogP contribution in [0.1, 0.15) is 0 Å². The van der Waals surface area contributed by atoms with Gasteiger partial charge in [-0.15, -0.1) is 0 Å². The highest BCUT2D eigenvalue weighted by Gasteiger charge is 2.25. The fourth-order valence-corrected chi connectivity index (χ4v) is 7.59. The maximum absolute atomic E-state index is 2.48. The van der Waals surface area contributed by atoms with E-state index in [4.69, 9.17) is 0 Å². The van der Waals surface area contributed by atoms with Gasteiger partial charge in [0.05, 0.1) is 33.1 Å². The van der Waals surface area contributed by atoms with Crippen molar-refractivity contribution in [2.45, 2.75) is 0 Å². The lowest BCUT2D eigenvalue weighted by molar-refractivity contribution is 1.16. The van der Waals surface area contributed by atoms with Crippen molar-refractivity contribution in [3.05, 3.63) is 164 Å². The summed E-state index contributed by atoms with van der Waals surface area (Å²) in [4.78, 5) is 0. The van der Waals surface area contributed by atoms with Crippen LogP contribution in [0.15, 0.2) is 164 Å². The van der Waals surface area contributed by atoms with Gasteiger partial charge < -0.3 is 13.7 Å². The summed E-state index contributed by atoms with van der Waals surface area (Å²) in [5.41, 5.74) is 13.2. The third-order valence-corrected chi connectivity index (χ3v) is 9.41. The summed E-state index contributed by atoms with van der Waals surface area (Å²) in [5.74, 6) is 0. The van der Waals surface area contributed by atoms with Gasteiger partial charge in [-0.25, -0.2) is 0 Å². The van der Waals surface area contributed by atoms with Crippen molar-refractivity contribution >= 4 is 54.6 Å². The minimum atomic E-state index is 1.14. The lowest BCUT2D eigenvalue weighted by Gasteiger charge is -2.14. The van der Waals surface area contributed by atoms with E-state index in [1.165, 1.54) is 77.1 Å². The molecule has 0 atom stereocenters. The largest absolute Gasteiger partial charge is 0.309 e. The first-order valence-corrected chi connectivity index (χ1v) is 15.5. The van der Waals surface area contributed by atoms with Crippen molar-refractivity contribution in [3.8, 4) is 28.2 Å². The minimum absolute atomic E-state index is 1.14. The van der Waals surface area contributed by atoms with E-state index in [-0.39, 0.29) is 0 Å². The molecule has 0 bridgehead atoms. The zero-order valence-corrected chi connectivity index (χ0v) is 24.4. The standard InChI is InChI=1S/C42H27N3/c1-4-12-28(13-5-1)29-22-24-32(25-23-29)45-35-20-10-18-33-39(35)41-37(43(33)30-14-6-2-7-15-30)26-27-38-42(41)40-34(19-11-21-36(40)45)44(38)31-16-8-3-9-17-31/h1-27H. The second kappa shape index (κ2) is 9.22. The highest BCUT2D eigenvalue weighted by atomic mass is 15.0. The molecule has 45 heavy (non-hydrogen) atoms. The molecule has 0 saturated heterocycles. The fourth-order valence-electron chi connectivity index (χ4n) is 7.59. The van der Waals surface area contributed by atoms with E-state index in [0.29, 0.717) is 0 Å². The lowest BCUT2D eigenvalue weighted by Crippen LogP contribution is -1.98. The molecular formula is C42H27N3. The topological polar surface area (TPSA) is 14.8 Å². The van der Waals surface area contributed by atoms with Crippen LogP contribution in [0, 0.1) is 0 Å². The smallest absolute Gasteiger partial charge is 0.0562 e. The van der Waals surface area contributed by atoms with Gasteiger partial charge in [-0.3, -0.25) is 0 Å². The molecular weight excluding hydrogens is 546 g/mol. The first kappa shape index (κ1) is 24.4. The quantitative estimate of drug-likeness (QED) is 0.199. The van der Waals surface area contributed by atoms with Crippen LogP contribution in [0.4, 0.5) is 0 Å². The molecule has 0 amide bonds. The van der Waals surface area contributed by atoms with E-state index >= 15 is 0 Å². The molecule has 3 heterocycles. The van der Waals surface area contributed by atoms with Gasteiger partial charge in [0, 0.05) is 38.6 Å². The Balaban J connectivity index is 1.42. The normalized spacial score (nSPS) is 12.0. The Labute approximate surface area is 259 Å². The Morgan fingerprint density at radius 3 is 0.978 bits per heavy atom. The van der Waals surface area contributed by atoms with Crippen LogP contribution < -0.4 is 0 Å². The number of rotatable bonds is 4. The van der Waals surface area contributed by atoms with Gasteiger partial charge in [-0.1, -0.05) is 91.0 Å². The van der Waals surface area contributed by atoms with E-state index in [0.717, 1.165) is 5.69 Å². The zero-order valence-electron chi connectivity index (χ0n) is 24.4. The molecule has 10 rings (SSSR count). The molecule has 0 radical (unpaired) electrons. The summed E-state index contributed by atoms with van der Waals surface area (Å²) in [6.07, 6.45) is 0. The maximum Gasteiger partial charge on any atom is 0.0562 e. The first-order chi connectivity index (χ1) is 22.4. The molecule has 210 valence electrons. The molecule has 0 aliphatic carbocycles. The number of para-hydroxylation sites is 2. The molecule has 0 spiro atoms. The maximum atomic E-state index is 2.48. The molecule has 10 aromatic rings. The monoisotopic (exact) mass is 573 g/mol. The molecule has 3 nitrogen and oxygen atoms in total. The summed E-state index contributed by atoms with van der Waals surface area (Å²) in [5, 5.41) is 5.16. The van der Waals surface area contributed by atoms with Crippen LogP contribution in [0.3, 0.4) is 0 Å². The highest BCUT2D eigenvalue weighted by Crippen LogP contribution is 2.47. The second-order valence-corrected chi connectivity index (χ2v) is 11.8. The highest BCUT2D eigenvalue weighted by molar-refractivity contribution is 6.35. The van der Waals surface area contributed by atoms with E-state index in [1.807, 2.05) is 0 Å². The van der Waals surface area contributed by atoms with Crippen molar-refractivity contribution in [2.24, 2.45) is 0 Å². The van der Waals surface area contributed by atoms with Crippen LogP contribution in [0.2, 0.25) is 0 Å². The van der Waals surface area contributed by atoms with Crippen LogP contribution in [0.5, 0.6) is 0 Å². The van der Waals surface area contributed by atoms with Crippen molar-refractivity contribution in [2.75, 3.05) is 0 Å². The second-order valence-electron chi connectivity index (χ2n) is 11.8. The van der Waals surface area contributed by atoms with Crippen LogP contribution in [-0.4, -0.2) is 13.7 Å². The molecule has 0 unspecified atom stereocenters. The zero-order chi connectivity index (χ0) is 29.5. The van der Waals surface area contributed by atoms with E-state index in [2.05, 4.69) is 177 Å². The summed E-state index contributed by atoms with van der Waals surface area (Å²) < 4.78 is 7.34. The molecule has 7 aromatic carbocycles. The van der Waals surface area contributed by atoms with Gasteiger partial charge in [-0.05, 0) is 83.9 Å². The average molecular weight is 574 g/mol. The van der Waals surface area contributed by atoms with Crippen LogP contribution in [-0.2, 0) is 0 Å². The Morgan fingerprint density at radius 1 is 0.222 bits per heavy atom. The summed E-state index contributed by atoms with van der Waals surface area (Å²) >= 11 is 0. The van der Waals surface area contributed by atoms with Gasteiger partial charge in [0.1, 0.15) is 0 Å². The van der Waals surface area contributed by atoms with E-state index in [9.17, 15) is 0 Å². The predicted molar refractivity (Wildman–Crippen MR) is 189 cm³/mol. The molecule has 0 aliphatic rings. The minimum Gasteiger partial charge on any atom is -0.309 e. The lowest BCUT2D eigenvalue weighted by atomic mass is 10.1. The Kier molecular flexibility index (Phi) is 5.00. The SMILES string of the molecule is c1ccc(-c2ccc(-n3c4cccc5c4c4c6c7c(cccc73)n(-c3ccccc3)c6ccc4n5-c3ccccc3)cc2)cc1. The van der Waals surface area contributed by atoms with Gasteiger partial charge >= 0.3 is 0 Å². The molecule has 3 aromatic heterocycles. The van der Waals surface area contributed by atoms with Crippen molar-refractivity contribution < 1.29 is 0 Å². The Morgan fingerprint density at radius 2 is 0.556 bits per heavy atom. The number of benzene rings is 7. The van der Waals surface area contributed by atoms with E-state index in [1.54, 1.807) is 0 Å². The van der Waals surface area contributed by atoms with Crippen molar-refractivity contribution in [3.63, 3.8) is 0 Å². The summed E-state index contributed by atoms with van der Waals surface area (Å²) in [7, 11) is 0. The number of nitrogens with zero attached hydrogens (tertiary/aromatic N) is 3. The molecule has 0 N–H and O–H groups in total. The number of aromatic nitrogens is 3. The van der Waals surface area contributed by atoms with Gasteiger partial charge in [-0.2, -0.15) is 0 Å². The van der Waals surface area contributed by atoms with Gasteiger partial charge in [0.2, 0.25) is 0 Å². The average Bonchev–Trinajstić information content (AvgIpc) is 3.59. The first-order valence-electron chi connectivity index (χ1n) is 15.5. The van der Waals surface area contributed by atoms with Gasteiger partial charge in [0.15, 0.2) is 0 Å². The van der Waals surface area contributed by atoms with Gasteiger partial charge in [0.25, 0.3) is 0 Å².